The SMILES string of the molecule is CSc1ccccc1-n1[nH]c(C(=O)O)cc1=O. The number of aromatic nitrogens is 2. The third-order valence-corrected chi connectivity index (χ3v) is 3.06. The summed E-state index contributed by atoms with van der Waals surface area (Å²) < 4.78 is 1.23. The summed E-state index contributed by atoms with van der Waals surface area (Å²) in [6.45, 7) is 0. The highest BCUT2D eigenvalue weighted by Crippen LogP contribution is 2.21. The van der Waals surface area contributed by atoms with Crippen molar-refractivity contribution in [1.82, 2.24) is 9.78 Å². The summed E-state index contributed by atoms with van der Waals surface area (Å²) in [6, 6.07) is 8.35. The number of carbonyl (C=O) groups is 1. The first kappa shape index (κ1) is 11.5. The van der Waals surface area contributed by atoms with Crippen molar-refractivity contribution >= 4 is 17.7 Å². The highest BCUT2D eigenvalue weighted by molar-refractivity contribution is 7.98. The average Bonchev–Trinajstić information content (AvgIpc) is 2.71. The van der Waals surface area contributed by atoms with Crippen molar-refractivity contribution < 1.29 is 9.90 Å². The fraction of sp³-hybridized carbons (Fsp3) is 0.0909. The lowest BCUT2D eigenvalue weighted by molar-refractivity contribution is 0.0690. The molecule has 2 rings (SSSR count). The van der Waals surface area contributed by atoms with Crippen LogP contribution in [-0.2, 0) is 0 Å². The molecule has 2 aromatic rings. The van der Waals surface area contributed by atoms with Crippen molar-refractivity contribution in [1.29, 1.82) is 0 Å². The van der Waals surface area contributed by atoms with E-state index in [9.17, 15) is 9.59 Å². The number of hydrogen-bond donors (Lipinski definition) is 2. The second-order valence-electron chi connectivity index (χ2n) is 3.32. The summed E-state index contributed by atoms with van der Waals surface area (Å²) in [7, 11) is 0. The molecular weight excluding hydrogens is 240 g/mol. The van der Waals surface area contributed by atoms with Crippen LogP contribution < -0.4 is 5.56 Å². The van der Waals surface area contributed by atoms with Gasteiger partial charge in [-0.15, -0.1) is 11.8 Å². The first-order valence-electron chi connectivity index (χ1n) is 4.82. The molecule has 0 saturated carbocycles. The molecule has 17 heavy (non-hydrogen) atoms. The van der Waals surface area contributed by atoms with Crippen LogP contribution in [0.3, 0.4) is 0 Å². The van der Waals surface area contributed by atoms with Crippen LogP contribution in [0, 0.1) is 0 Å². The lowest BCUT2D eigenvalue weighted by Crippen LogP contribution is -2.14. The minimum Gasteiger partial charge on any atom is -0.477 e. The smallest absolute Gasteiger partial charge is 0.353 e. The van der Waals surface area contributed by atoms with Gasteiger partial charge in [-0.25, -0.2) is 9.48 Å². The number of thioether (sulfide) groups is 1. The van der Waals surface area contributed by atoms with Gasteiger partial charge in [0.25, 0.3) is 5.56 Å². The molecule has 0 atom stereocenters. The van der Waals surface area contributed by atoms with Gasteiger partial charge in [-0.3, -0.25) is 9.89 Å². The molecule has 0 aliphatic heterocycles. The van der Waals surface area contributed by atoms with E-state index in [1.807, 2.05) is 18.4 Å². The van der Waals surface area contributed by atoms with Gasteiger partial charge in [0.2, 0.25) is 0 Å². The van der Waals surface area contributed by atoms with E-state index in [1.54, 1.807) is 12.1 Å². The fourth-order valence-corrected chi connectivity index (χ4v) is 2.08. The van der Waals surface area contributed by atoms with Crippen LogP contribution >= 0.6 is 11.8 Å². The molecule has 0 radical (unpaired) electrons. The number of para-hydroxylation sites is 1. The number of carboxylic acids is 1. The van der Waals surface area contributed by atoms with Crippen molar-refractivity contribution in [3.8, 4) is 5.69 Å². The van der Waals surface area contributed by atoms with Crippen LogP contribution in [0.5, 0.6) is 0 Å². The Labute approximate surface area is 101 Å². The number of rotatable bonds is 3. The molecular formula is C11H10N2O3S. The normalized spacial score (nSPS) is 10.4. The van der Waals surface area contributed by atoms with Gasteiger partial charge < -0.3 is 5.11 Å². The van der Waals surface area contributed by atoms with Crippen molar-refractivity contribution in [2.75, 3.05) is 6.26 Å². The molecule has 0 aliphatic carbocycles. The van der Waals surface area contributed by atoms with Gasteiger partial charge in [0.1, 0.15) is 5.69 Å². The topological polar surface area (TPSA) is 75.1 Å². The highest BCUT2D eigenvalue weighted by Gasteiger charge is 2.12. The Morgan fingerprint density at radius 3 is 2.71 bits per heavy atom. The van der Waals surface area contributed by atoms with Crippen molar-refractivity contribution in [3.63, 3.8) is 0 Å². The molecule has 5 nitrogen and oxygen atoms in total. The van der Waals surface area contributed by atoms with Crippen molar-refractivity contribution in [2.45, 2.75) is 4.90 Å². The highest BCUT2D eigenvalue weighted by atomic mass is 32.2. The molecule has 1 aromatic heterocycles. The zero-order chi connectivity index (χ0) is 12.4. The van der Waals surface area contributed by atoms with E-state index in [0.717, 1.165) is 11.0 Å². The van der Waals surface area contributed by atoms with Crippen LogP contribution in [0.25, 0.3) is 5.69 Å². The van der Waals surface area contributed by atoms with Gasteiger partial charge in [-0.2, -0.15) is 0 Å². The Bertz CT molecular complexity index is 615. The Hall–Kier alpha value is -1.95. The molecule has 1 heterocycles. The van der Waals surface area contributed by atoms with E-state index in [0.29, 0.717) is 5.69 Å². The molecule has 2 N–H and O–H groups in total. The Balaban J connectivity index is 2.60. The molecule has 1 aromatic carbocycles. The van der Waals surface area contributed by atoms with Crippen molar-refractivity contribution in [3.05, 3.63) is 46.4 Å². The van der Waals surface area contributed by atoms with Crippen molar-refractivity contribution in [2.24, 2.45) is 0 Å². The Morgan fingerprint density at radius 1 is 1.41 bits per heavy atom. The van der Waals surface area contributed by atoms with Crippen LogP contribution in [0.2, 0.25) is 0 Å². The van der Waals surface area contributed by atoms with Gasteiger partial charge in [0.05, 0.1) is 5.69 Å². The number of aromatic amines is 1. The van der Waals surface area contributed by atoms with E-state index < -0.39 is 5.97 Å². The number of H-pyrrole nitrogens is 1. The van der Waals surface area contributed by atoms with Gasteiger partial charge in [-0.05, 0) is 18.4 Å². The van der Waals surface area contributed by atoms with E-state index in [4.69, 9.17) is 5.11 Å². The number of nitrogens with zero attached hydrogens (tertiary/aromatic N) is 1. The first-order chi connectivity index (χ1) is 8.13. The maximum Gasteiger partial charge on any atom is 0.353 e. The van der Waals surface area contributed by atoms with Gasteiger partial charge in [0.15, 0.2) is 0 Å². The minimum absolute atomic E-state index is 0.120. The number of benzene rings is 1. The van der Waals surface area contributed by atoms with Crippen LogP contribution in [0.1, 0.15) is 10.5 Å². The quantitative estimate of drug-likeness (QED) is 0.811. The van der Waals surface area contributed by atoms with Crippen LogP contribution in [0.15, 0.2) is 40.0 Å². The third kappa shape index (κ3) is 2.12. The maximum atomic E-state index is 11.7. The van der Waals surface area contributed by atoms with Gasteiger partial charge in [-0.1, -0.05) is 12.1 Å². The zero-order valence-corrected chi connectivity index (χ0v) is 9.82. The van der Waals surface area contributed by atoms with E-state index in [2.05, 4.69) is 5.10 Å². The van der Waals surface area contributed by atoms with Gasteiger partial charge in [0, 0.05) is 11.0 Å². The number of carboxylic acid groups (broad SMARTS) is 1. The lowest BCUT2D eigenvalue weighted by Gasteiger charge is -2.06. The summed E-state index contributed by atoms with van der Waals surface area (Å²) >= 11 is 1.49. The predicted molar refractivity (Wildman–Crippen MR) is 65.1 cm³/mol. The van der Waals surface area contributed by atoms with E-state index in [-0.39, 0.29) is 11.3 Å². The van der Waals surface area contributed by atoms with Gasteiger partial charge >= 0.3 is 5.97 Å². The summed E-state index contributed by atoms with van der Waals surface area (Å²) in [5.41, 5.74) is 0.146. The second kappa shape index (κ2) is 4.50. The molecule has 0 saturated heterocycles. The standard InChI is InChI=1S/C11H10N2O3S/c1-17-9-5-3-2-4-8(9)13-10(14)6-7(12-13)11(15)16/h2-6,12H,1H3,(H,15,16). The van der Waals surface area contributed by atoms with Crippen LogP contribution in [-0.4, -0.2) is 27.1 Å². The number of hydrogen-bond acceptors (Lipinski definition) is 3. The Kier molecular flexibility index (Phi) is 3.06. The largest absolute Gasteiger partial charge is 0.477 e. The maximum absolute atomic E-state index is 11.7. The third-order valence-electron chi connectivity index (χ3n) is 2.28. The fourth-order valence-electron chi connectivity index (χ4n) is 1.50. The number of nitrogens with one attached hydrogen (secondary N) is 1. The summed E-state index contributed by atoms with van der Waals surface area (Å²) in [6.07, 6.45) is 1.89. The Morgan fingerprint density at radius 2 is 2.12 bits per heavy atom. The molecule has 6 heteroatoms. The predicted octanol–water partition coefficient (Wildman–Crippen LogP) is 1.59. The summed E-state index contributed by atoms with van der Waals surface area (Å²) in [4.78, 5) is 23.3. The first-order valence-corrected chi connectivity index (χ1v) is 6.04. The summed E-state index contributed by atoms with van der Waals surface area (Å²) in [5.74, 6) is -1.15. The summed E-state index contributed by atoms with van der Waals surface area (Å²) in [5, 5.41) is 11.4. The lowest BCUT2D eigenvalue weighted by atomic mass is 10.3. The van der Waals surface area contributed by atoms with Crippen LogP contribution in [0.4, 0.5) is 0 Å². The van der Waals surface area contributed by atoms with E-state index >= 15 is 0 Å². The molecule has 0 fully saturated rings. The molecule has 0 aliphatic rings. The molecule has 0 spiro atoms. The number of aromatic carboxylic acids is 1. The minimum atomic E-state index is -1.15. The van der Waals surface area contributed by atoms with E-state index in [1.165, 1.54) is 16.4 Å². The monoisotopic (exact) mass is 250 g/mol. The molecule has 0 unspecified atom stereocenters. The molecule has 0 bridgehead atoms. The second-order valence-corrected chi connectivity index (χ2v) is 4.17. The average molecular weight is 250 g/mol. The molecule has 0 amide bonds. The molecule has 88 valence electrons. The zero-order valence-electron chi connectivity index (χ0n) is 9.01.